The number of esters is 1. The number of aryl methyl sites for hydroxylation is 1. The number of carbonyl (C=O) groups is 1. The SMILES string of the molecule is CCc1ccc(C(=O)OCc2ccccc2)c(Nc2ccc(N3CCOCC3)cc2)n1. The fourth-order valence-electron chi connectivity index (χ4n) is 3.47. The molecule has 0 atom stereocenters. The molecule has 2 heterocycles. The smallest absolute Gasteiger partial charge is 0.342 e. The molecule has 0 amide bonds. The van der Waals surface area contributed by atoms with Crippen molar-refractivity contribution >= 4 is 23.2 Å². The van der Waals surface area contributed by atoms with Crippen LogP contribution >= 0.6 is 0 Å². The summed E-state index contributed by atoms with van der Waals surface area (Å²) < 4.78 is 11.0. The largest absolute Gasteiger partial charge is 0.457 e. The topological polar surface area (TPSA) is 63.7 Å². The zero-order valence-corrected chi connectivity index (χ0v) is 17.7. The molecule has 1 aliphatic heterocycles. The number of nitrogens with zero attached hydrogens (tertiary/aromatic N) is 2. The maximum Gasteiger partial charge on any atom is 0.342 e. The quantitative estimate of drug-likeness (QED) is 0.568. The summed E-state index contributed by atoms with van der Waals surface area (Å²) in [7, 11) is 0. The van der Waals surface area contributed by atoms with Crippen LogP contribution in [0.5, 0.6) is 0 Å². The number of nitrogens with one attached hydrogen (secondary N) is 1. The molecule has 0 saturated carbocycles. The minimum Gasteiger partial charge on any atom is -0.457 e. The molecule has 1 saturated heterocycles. The Labute approximate surface area is 182 Å². The van der Waals surface area contributed by atoms with Crippen molar-refractivity contribution in [3.8, 4) is 0 Å². The summed E-state index contributed by atoms with van der Waals surface area (Å²) in [5.74, 6) is 0.114. The average molecular weight is 418 g/mol. The fraction of sp³-hybridized carbons (Fsp3) is 0.280. The van der Waals surface area contributed by atoms with Crippen molar-refractivity contribution in [1.82, 2.24) is 4.98 Å². The first kappa shape index (κ1) is 20.9. The number of carbonyl (C=O) groups excluding carboxylic acids is 1. The highest BCUT2D eigenvalue weighted by atomic mass is 16.5. The average Bonchev–Trinajstić information content (AvgIpc) is 2.84. The second kappa shape index (κ2) is 10.1. The molecule has 4 rings (SSSR count). The maximum atomic E-state index is 12.8. The molecule has 6 heteroatoms. The number of anilines is 3. The molecule has 31 heavy (non-hydrogen) atoms. The second-order valence-electron chi connectivity index (χ2n) is 7.39. The Morgan fingerprint density at radius 1 is 1.03 bits per heavy atom. The number of aromatic nitrogens is 1. The highest BCUT2D eigenvalue weighted by Crippen LogP contribution is 2.24. The second-order valence-corrected chi connectivity index (χ2v) is 7.39. The summed E-state index contributed by atoms with van der Waals surface area (Å²) in [6, 6.07) is 21.5. The van der Waals surface area contributed by atoms with Crippen molar-refractivity contribution in [3.05, 3.63) is 83.6 Å². The summed E-state index contributed by atoms with van der Waals surface area (Å²) in [4.78, 5) is 19.7. The number of rotatable bonds is 7. The van der Waals surface area contributed by atoms with Gasteiger partial charge in [0.1, 0.15) is 18.0 Å². The molecule has 0 bridgehead atoms. The Balaban J connectivity index is 1.49. The third kappa shape index (κ3) is 5.41. The predicted molar refractivity (Wildman–Crippen MR) is 122 cm³/mol. The Kier molecular flexibility index (Phi) is 6.79. The number of morpholine rings is 1. The van der Waals surface area contributed by atoms with Gasteiger partial charge in [0.25, 0.3) is 0 Å². The number of benzene rings is 2. The highest BCUT2D eigenvalue weighted by molar-refractivity contribution is 5.95. The summed E-state index contributed by atoms with van der Waals surface area (Å²) in [5, 5.41) is 3.30. The van der Waals surface area contributed by atoms with Crippen molar-refractivity contribution in [2.75, 3.05) is 36.5 Å². The van der Waals surface area contributed by atoms with Crippen molar-refractivity contribution in [2.24, 2.45) is 0 Å². The first-order valence-corrected chi connectivity index (χ1v) is 10.6. The summed E-state index contributed by atoms with van der Waals surface area (Å²) in [6.07, 6.45) is 0.782. The zero-order valence-electron chi connectivity index (χ0n) is 17.7. The highest BCUT2D eigenvalue weighted by Gasteiger charge is 2.16. The molecule has 1 fully saturated rings. The lowest BCUT2D eigenvalue weighted by atomic mass is 10.2. The molecule has 2 aromatic carbocycles. The molecule has 0 spiro atoms. The maximum absolute atomic E-state index is 12.8. The molecule has 1 N–H and O–H groups in total. The van der Waals surface area contributed by atoms with Gasteiger partial charge in [-0.1, -0.05) is 37.3 Å². The molecule has 1 aromatic heterocycles. The zero-order chi connectivity index (χ0) is 21.5. The van der Waals surface area contributed by atoms with Gasteiger partial charge in [0, 0.05) is 30.2 Å². The molecule has 0 unspecified atom stereocenters. The van der Waals surface area contributed by atoms with Gasteiger partial charge in [0.05, 0.1) is 13.2 Å². The van der Waals surface area contributed by atoms with E-state index in [1.54, 1.807) is 6.07 Å². The Bertz CT molecular complexity index is 1000. The van der Waals surface area contributed by atoms with Crippen molar-refractivity contribution in [1.29, 1.82) is 0 Å². The van der Waals surface area contributed by atoms with E-state index in [-0.39, 0.29) is 6.61 Å². The lowest BCUT2D eigenvalue weighted by Crippen LogP contribution is -2.36. The van der Waals surface area contributed by atoms with E-state index in [1.165, 1.54) is 0 Å². The van der Waals surface area contributed by atoms with E-state index in [9.17, 15) is 4.79 Å². The van der Waals surface area contributed by atoms with Crippen molar-refractivity contribution < 1.29 is 14.3 Å². The van der Waals surface area contributed by atoms with Crippen LogP contribution in [0.3, 0.4) is 0 Å². The van der Waals surface area contributed by atoms with E-state index in [4.69, 9.17) is 9.47 Å². The predicted octanol–water partition coefficient (Wildman–Crippen LogP) is 4.58. The van der Waals surface area contributed by atoms with Gasteiger partial charge in [-0.3, -0.25) is 0 Å². The molecular weight excluding hydrogens is 390 g/mol. The lowest BCUT2D eigenvalue weighted by molar-refractivity contribution is 0.0473. The van der Waals surface area contributed by atoms with Crippen molar-refractivity contribution in [2.45, 2.75) is 20.0 Å². The van der Waals surface area contributed by atoms with E-state index in [0.29, 0.717) is 11.4 Å². The van der Waals surface area contributed by atoms with Gasteiger partial charge >= 0.3 is 5.97 Å². The van der Waals surface area contributed by atoms with Crippen LogP contribution in [0.4, 0.5) is 17.2 Å². The van der Waals surface area contributed by atoms with Crippen LogP contribution in [0.1, 0.15) is 28.5 Å². The van der Waals surface area contributed by atoms with Gasteiger partial charge in [0.15, 0.2) is 0 Å². The molecule has 0 aliphatic carbocycles. The first-order valence-electron chi connectivity index (χ1n) is 10.6. The van der Waals surface area contributed by atoms with Crippen LogP contribution in [0.2, 0.25) is 0 Å². The van der Waals surface area contributed by atoms with E-state index in [1.807, 2.05) is 55.5 Å². The van der Waals surface area contributed by atoms with Gasteiger partial charge in [-0.05, 0) is 48.4 Å². The van der Waals surface area contributed by atoms with Crippen molar-refractivity contribution in [3.63, 3.8) is 0 Å². The monoisotopic (exact) mass is 417 g/mol. The third-order valence-electron chi connectivity index (χ3n) is 5.25. The van der Waals surface area contributed by atoms with Crippen LogP contribution in [0.15, 0.2) is 66.7 Å². The standard InChI is InChI=1S/C25H27N3O3/c1-2-20-10-13-23(25(29)31-18-19-6-4-3-5-7-19)24(26-20)27-21-8-11-22(12-9-21)28-14-16-30-17-15-28/h3-13H,2,14-18H2,1H3,(H,26,27). The molecule has 160 valence electrons. The summed E-state index contributed by atoms with van der Waals surface area (Å²) in [5.41, 5.74) is 4.31. The van der Waals surface area contributed by atoms with E-state index in [0.717, 1.165) is 55.4 Å². The number of hydrogen-bond acceptors (Lipinski definition) is 6. The molecule has 1 aliphatic rings. The van der Waals surface area contributed by atoms with Gasteiger partial charge < -0.3 is 19.7 Å². The third-order valence-corrected chi connectivity index (χ3v) is 5.25. The van der Waals surface area contributed by atoms with E-state index in [2.05, 4.69) is 27.3 Å². The normalized spacial score (nSPS) is 13.6. The van der Waals surface area contributed by atoms with Crippen LogP contribution < -0.4 is 10.2 Å². The molecule has 6 nitrogen and oxygen atoms in total. The first-order chi connectivity index (χ1) is 15.2. The Hall–Kier alpha value is -3.38. The van der Waals surface area contributed by atoms with Gasteiger partial charge in [-0.2, -0.15) is 0 Å². The van der Waals surface area contributed by atoms with Gasteiger partial charge in [-0.25, -0.2) is 9.78 Å². The number of hydrogen-bond donors (Lipinski definition) is 1. The van der Waals surface area contributed by atoms with Crippen LogP contribution in [-0.2, 0) is 22.5 Å². The van der Waals surface area contributed by atoms with Crippen LogP contribution in [0, 0.1) is 0 Å². The van der Waals surface area contributed by atoms with Gasteiger partial charge in [0.2, 0.25) is 0 Å². The Morgan fingerprint density at radius 3 is 2.48 bits per heavy atom. The van der Waals surface area contributed by atoms with Crippen LogP contribution in [-0.4, -0.2) is 37.3 Å². The molecule has 0 radical (unpaired) electrons. The molecular formula is C25H27N3O3. The summed E-state index contributed by atoms with van der Waals surface area (Å²) in [6.45, 7) is 5.55. The number of ether oxygens (including phenoxy) is 2. The Morgan fingerprint density at radius 2 is 1.77 bits per heavy atom. The van der Waals surface area contributed by atoms with Crippen LogP contribution in [0.25, 0.3) is 0 Å². The van der Waals surface area contributed by atoms with E-state index >= 15 is 0 Å². The number of pyridine rings is 1. The van der Waals surface area contributed by atoms with Gasteiger partial charge in [-0.15, -0.1) is 0 Å². The summed E-state index contributed by atoms with van der Waals surface area (Å²) >= 11 is 0. The fourth-order valence-corrected chi connectivity index (χ4v) is 3.47. The lowest BCUT2D eigenvalue weighted by Gasteiger charge is -2.29. The minimum absolute atomic E-state index is 0.225. The molecule has 3 aromatic rings. The minimum atomic E-state index is -0.397. The van der Waals surface area contributed by atoms with E-state index < -0.39 is 5.97 Å².